The first kappa shape index (κ1) is 23.7. The molecule has 1 aliphatic carbocycles. The number of benzene rings is 1. The number of hydrogen-bond donors (Lipinski definition) is 2. The fourth-order valence-corrected chi connectivity index (χ4v) is 5.87. The summed E-state index contributed by atoms with van der Waals surface area (Å²) in [7, 11) is -3.40. The fraction of sp³-hybridized carbons (Fsp3) is 0.682. The topological polar surface area (TPSA) is 92.7 Å². The molecule has 1 atom stereocenters. The van der Waals surface area contributed by atoms with Gasteiger partial charge in [0.25, 0.3) is 0 Å². The highest BCUT2D eigenvalue weighted by Gasteiger charge is 2.26. The number of sulfone groups is 1. The molecular weight excluding hydrogens is 390 g/mol. The lowest BCUT2D eigenvalue weighted by molar-refractivity contribution is 0.0518. The molecule has 164 valence electrons. The molecule has 0 bridgehead atoms. The van der Waals surface area contributed by atoms with Gasteiger partial charge in [-0.1, -0.05) is 31.4 Å². The molecule has 29 heavy (non-hydrogen) atoms. The van der Waals surface area contributed by atoms with Crippen LogP contribution in [0.4, 0.5) is 4.79 Å². The zero-order valence-corrected chi connectivity index (χ0v) is 18.8. The third kappa shape index (κ3) is 7.30. The quantitative estimate of drug-likeness (QED) is 0.679. The van der Waals surface area contributed by atoms with Gasteiger partial charge in [-0.15, -0.1) is 0 Å². The van der Waals surface area contributed by atoms with Gasteiger partial charge in [0.2, 0.25) is 0 Å². The monoisotopic (exact) mass is 425 g/mol. The summed E-state index contributed by atoms with van der Waals surface area (Å²) in [6, 6.07) is 5.05. The first-order valence-corrected chi connectivity index (χ1v) is 12.1. The van der Waals surface area contributed by atoms with Crippen molar-refractivity contribution in [2.24, 2.45) is 5.92 Å². The summed E-state index contributed by atoms with van der Waals surface area (Å²) in [6.45, 7) is 7.32. The van der Waals surface area contributed by atoms with Crippen molar-refractivity contribution in [1.29, 1.82) is 0 Å². The molecular formula is C22H35NO5S. The Morgan fingerprint density at radius 2 is 1.90 bits per heavy atom. The molecule has 1 fully saturated rings. The Kier molecular flexibility index (Phi) is 8.11. The number of alkyl carbamates (subject to hydrolysis) is 1. The van der Waals surface area contributed by atoms with Crippen molar-refractivity contribution in [3.05, 3.63) is 29.3 Å². The van der Waals surface area contributed by atoms with E-state index < -0.39 is 27.6 Å². The highest BCUT2D eigenvalue weighted by atomic mass is 32.2. The Morgan fingerprint density at radius 1 is 1.24 bits per heavy atom. The van der Waals surface area contributed by atoms with Crippen molar-refractivity contribution < 1.29 is 23.1 Å². The first-order valence-electron chi connectivity index (χ1n) is 10.5. The SMILES string of the molecule is Cc1c(C(O)CCNC(=O)OC(C)(C)C)cccc1S(=O)(=O)CC1CCCCC1. The zero-order valence-electron chi connectivity index (χ0n) is 18.0. The maximum absolute atomic E-state index is 13.0. The van der Waals surface area contributed by atoms with Gasteiger partial charge in [0.15, 0.2) is 9.84 Å². The highest BCUT2D eigenvalue weighted by molar-refractivity contribution is 7.91. The second kappa shape index (κ2) is 9.94. The lowest BCUT2D eigenvalue weighted by Gasteiger charge is -2.23. The van der Waals surface area contributed by atoms with Crippen molar-refractivity contribution in [2.45, 2.75) is 82.8 Å². The van der Waals surface area contributed by atoms with Gasteiger partial charge in [-0.05, 0) is 70.1 Å². The zero-order chi connectivity index (χ0) is 21.7. The van der Waals surface area contributed by atoms with Crippen LogP contribution in [0.5, 0.6) is 0 Å². The number of aliphatic hydroxyl groups is 1. The molecule has 1 saturated carbocycles. The number of ether oxygens (including phenoxy) is 1. The third-order valence-electron chi connectivity index (χ3n) is 5.29. The fourth-order valence-electron chi connectivity index (χ4n) is 3.86. The van der Waals surface area contributed by atoms with Crippen LogP contribution in [-0.4, -0.2) is 37.5 Å². The molecule has 1 aromatic rings. The van der Waals surface area contributed by atoms with E-state index in [0.717, 1.165) is 25.7 Å². The molecule has 0 radical (unpaired) electrons. The van der Waals surface area contributed by atoms with E-state index in [4.69, 9.17) is 4.74 Å². The minimum atomic E-state index is -3.40. The first-order chi connectivity index (χ1) is 13.5. The van der Waals surface area contributed by atoms with Gasteiger partial charge in [-0.2, -0.15) is 0 Å². The summed E-state index contributed by atoms with van der Waals surface area (Å²) in [6.07, 6.45) is 4.19. The molecule has 1 aliphatic rings. The number of hydrogen-bond acceptors (Lipinski definition) is 5. The van der Waals surface area contributed by atoms with E-state index in [1.807, 2.05) is 0 Å². The molecule has 1 unspecified atom stereocenters. The van der Waals surface area contributed by atoms with Gasteiger partial charge in [0, 0.05) is 6.54 Å². The minimum Gasteiger partial charge on any atom is -0.444 e. The second-order valence-corrected chi connectivity index (χ2v) is 11.0. The molecule has 1 amide bonds. The lowest BCUT2D eigenvalue weighted by Crippen LogP contribution is -2.33. The predicted octanol–water partition coefficient (Wildman–Crippen LogP) is 4.30. The normalized spacial score (nSPS) is 17.0. The van der Waals surface area contributed by atoms with Crippen LogP contribution >= 0.6 is 0 Å². The van der Waals surface area contributed by atoms with E-state index in [1.165, 1.54) is 6.42 Å². The molecule has 0 saturated heterocycles. The number of nitrogens with one attached hydrogen (secondary N) is 1. The van der Waals surface area contributed by atoms with Gasteiger partial charge in [-0.3, -0.25) is 0 Å². The van der Waals surface area contributed by atoms with Crippen LogP contribution in [0.3, 0.4) is 0 Å². The van der Waals surface area contributed by atoms with Crippen LogP contribution in [-0.2, 0) is 14.6 Å². The Labute approximate surface area is 175 Å². The summed E-state index contributed by atoms with van der Waals surface area (Å²) in [5.41, 5.74) is 0.592. The minimum absolute atomic E-state index is 0.174. The van der Waals surface area contributed by atoms with Crippen molar-refractivity contribution in [2.75, 3.05) is 12.3 Å². The molecule has 0 aromatic heterocycles. The van der Waals surface area contributed by atoms with Crippen molar-refractivity contribution in [3.63, 3.8) is 0 Å². The molecule has 1 aromatic carbocycles. The Morgan fingerprint density at radius 3 is 2.52 bits per heavy atom. The van der Waals surface area contributed by atoms with E-state index in [-0.39, 0.29) is 24.6 Å². The third-order valence-corrected chi connectivity index (χ3v) is 7.31. The lowest BCUT2D eigenvalue weighted by atomic mass is 9.91. The number of rotatable bonds is 7. The maximum Gasteiger partial charge on any atom is 0.407 e. The van der Waals surface area contributed by atoms with Crippen LogP contribution in [0, 0.1) is 12.8 Å². The van der Waals surface area contributed by atoms with E-state index in [1.54, 1.807) is 45.9 Å². The van der Waals surface area contributed by atoms with Crippen molar-refractivity contribution >= 4 is 15.9 Å². The summed E-state index contributed by atoms with van der Waals surface area (Å²) >= 11 is 0. The Bertz CT molecular complexity index is 792. The molecule has 2 N–H and O–H groups in total. The van der Waals surface area contributed by atoms with Gasteiger partial charge in [0.1, 0.15) is 5.60 Å². The standard InChI is InChI=1S/C22H35NO5S/c1-16-18(19(24)13-14-23-21(25)28-22(2,3)4)11-8-12-20(16)29(26,27)15-17-9-6-5-7-10-17/h8,11-12,17,19,24H,5-7,9-10,13-15H2,1-4H3,(H,23,25). The van der Waals surface area contributed by atoms with Gasteiger partial charge < -0.3 is 15.2 Å². The second-order valence-electron chi connectivity index (χ2n) is 8.99. The largest absolute Gasteiger partial charge is 0.444 e. The maximum atomic E-state index is 13.0. The molecule has 0 heterocycles. The highest BCUT2D eigenvalue weighted by Crippen LogP contribution is 2.30. The van der Waals surface area contributed by atoms with Crippen molar-refractivity contribution in [3.8, 4) is 0 Å². The van der Waals surface area contributed by atoms with Crippen LogP contribution in [0.2, 0.25) is 0 Å². The summed E-state index contributed by atoms with van der Waals surface area (Å²) in [5, 5.41) is 13.2. The smallest absolute Gasteiger partial charge is 0.407 e. The van der Waals surface area contributed by atoms with Gasteiger partial charge >= 0.3 is 6.09 Å². The Hall–Kier alpha value is -1.60. The van der Waals surface area contributed by atoms with E-state index in [2.05, 4.69) is 5.32 Å². The van der Waals surface area contributed by atoms with E-state index in [9.17, 15) is 18.3 Å². The van der Waals surface area contributed by atoms with E-state index >= 15 is 0 Å². The van der Waals surface area contributed by atoms with E-state index in [0.29, 0.717) is 16.0 Å². The number of amides is 1. The van der Waals surface area contributed by atoms with Crippen molar-refractivity contribution in [1.82, 2.24) is 5.32 Å². The molecule has 2 rings (SSSR count). The summed E-state index contributed by atoms with van der Waals surface area (Å²) in [5.74, 6) is 0.396. The molecule has 0 spiro atoms. The molecule has 0 aliphatic heterocycles. The van der Waals surface area contributed by atoms with Gasteiger partial charge in [-0.25, -0.2) is 13.2 Å². The number of carbonyl (C=O) groups excluding carboxylic acids is 1. The van der Waals surface area contributed by atoms with Crippen LogP contribution in [0.15, 0.2) is 23.1 Å². The van der Waals surface area contributed by atoms with Gasteiger partial charge in [0.05, 0.1) is 16.8 Å². The predicted molar refractivity (Wildman–Crippen MR) is 114 cm³/mol. The average Bonchev–Trinajstić information content (AvgIpc) is 2.60. The number of carbonyl (C=O) groups is 1. The number of aliphatic hydroxyl groups excluding tert-OH is 1. The van der Waals surface area contributed by atoms with Crippen LogP contribution in [0.1, 0.15) is 76.5 Å². The van der Waals surface area contributed by atoms with Crippen LogP contribution in [0.25, 0.3) is 0 Å². The average molecular weight is 426 g/mol. The summed E-state index contributed by atoms with van der Waals surface area (Å²) in [4.78, 5) is 12.0. The molecule has 6 nitrogen and oxygen atoms in total. The Balaban J connectivity index is 2.02. The van der Waals surface area contributed by atoms with Crippen LogP contribution < -0.4 is 5.32 Å². The summed E-state index contributed by atoms with van der Waals surface area (Å²) < 4.78 is 31.1. The molecule has 7 heteroatoms.